The number of para-hydroxylation sites is 1. The Balaban J connectivity index is 1.51. The number of carbonyl (C=O) groups excluding carboxylic acids is 1. The summed E-state index contributed by atoms with van der Waals surface area (Å²) in [5, 5.41) is 6.23. The van der Waals surface area contributed by atoms with E-state index in [1.54, 1.807) is 0 Å². The quantitative estimate of drug-likeness (QED) is 0.781. The Hall–Kier alpha value is -1.55. The highest BCUT2D eigenvalue weighted by molar-refractivity contribution is 5.84. The van der Waals surface area contributed by atoms with Gasteiger partial charge in [-0.1, -0.05) is 37.5 Å². The average Bonchev–Trinajstić information content (AvgIpc) is 2.49. The number of amides is 1. The minimum Gasteiger partial charge on any atom is -0.449 e. The Morgan fingerprint density at radius 3 is 2.65 bits per heavy atom. The van der Waals surface area contributed by atoms with E-state index in [4.69, 9.17) is 4.74 Å². The van der Waals surface area contributed by atoms with E-state index in [2.05, 4.69) is 10.6 Å². The van der Waals surface area contributed by atoms with Crippen molar-refractivity contribution in [2.75, 3.05) is 18.5 Å². The molecule has 20 heavy (non-hydrogen) atoms. The van der Waals surface area contributed by atoms with Crippen LogP contribution in [0.1, 0.15) is 38.5 Å². The Morgan fingerprint density at radius 1 is 1.15 bits per heavy atom. The van der Waals surface area contributed by atoms with E-state index in [-0.39, 0.29) is 6.09 Å². The van der Waals surface area contributed by atoms with Crippen molar-refractivity contribution in [3.8, 4) is 0 Å². The third-order valence-electron chi connectivity index (χ3n) is 3.61. The lowest BCUT2D eigenvalue weighted by Gasteiger charge is -2.22. The fraction of sp³-hybridized carbons (Fsp3) is 0.562. The van der Waals surface area contributed by atoms with Gasteiger partial charge in [-0.25, -0.2) is 4.79 Å². The number of carbonyl (C=O) groups is 1. The van der Waals surface area contributed by atoms with Gasteiger partial charge in [-0.2, -0.15) is 0 Å². The highest BCUT2D eigenvalue weighted by Gasteiger charge is 2.11. The molecule has 0 atom stereocenters. The number of ether oxygens (including phenoxy) is 1. The zero-order chi connectivity index (χ0) is 14.0. The average molecular weight is 276 g/mol. The van der Waals surface area contributed by atoms with Crippen molar-refractivity contribution in [2.45, 2.75) is 44.6 Å². The summed E-state index contributed by atoms with van der Waals surface area (Å²) in [7, 11) is 0. The number of nitrogens with one attached hydrogen (secondary N) is 2. The molecular formula is C16H24N2O2. The molecule has 0 aliphatic heterocycles. The zero-order valence-electron chi connectivity index (χ0n) is 11.9. The van der Waals surface area contributed by atoms with Gasteiger partial charge in [0.25, 0.3) is 0 Å². The Bertz CT molecular complexity index is 389. The number of hydrogen-bond donors (Lipinski definition) is 2. The Kier molecular flexibility index (Phi) is 6.38. The van der Waals surface area contributed by atoms with Crippen LogP contribution in [0.25, 0.3) is 0 Å². The first-order valence-corrected chi connectivity index (χ1v) is 7.57. The van der Waals surface area contributed by atoms with Crippen molar-refractivity contribution < 1.29 is 9.53 Å². The van der Waals surface area contributed by atoms with Crippen LogP contribution in [-0.4, -0.2) is 25.3 Å². The van der Waals surface area contributed by atoms with E-state index in [0.29, 0.717) is 12.6 Å². The van der Waals surface area contributed by atoms with Crippen molar-refractivity contribution in [1.82, 2.24) is 5.32 Å². The van der Waals surface area contributed by atoms with E-state index in [1.165, 1.54) is 32.1 Å². The summed E-state index contributed by atoms with van der Waals surface area (Å²) < 4.78 is 5.15. The third-order valence-corrected chi connectivity index (χ3v) is 3.61. The van der Waals surface area contributed by atoms with E-state index < -0.39 is 0 Å². The van der Waals surface area contributed by atoms with Crippen molar-refractivity contribution in [2.24, 2.45) is 0 Å². The smallest absolute Gasteiger partial charge is 0.411 e. The molecule has 110 valence electrons. The molecule has 2 N–H and O–H groups in total. The predicted octanol–water partition coefficient (Wildman–Crippen LogP) is 3.55. The van der Waals surface area contributed by atoms with Gasteiger partial charge in [0.05, 0.1) is 6.61 Å². The molecule has 1 aliphatic carbocycles. The first-order chi connectivity index (χ1) is 9.84. The van der Waals surface area contributed by atoms with Gasteiger partial charge in [-0.15, -0.1) is 0 Å². The van der Waals surface area contributed by atoms with Crippen LogP contribution in [0.4, 0.5) is 10.5 Å². The van der Waals surface area contributed by atoms with E-state index in [0.717, 1.165) is 18.7 Å². The summed E-state index contributed by atoms with van der Waals surface area (Å²) in [6.45, 7) is 1.38. The molecule has 1 amide bonds. The lowest BCUT2D eigenvalue weighted by Crippen LogP contribution is -2.32. The minimum absolute atomic E-state index is 0.381. The van der Waals surface area contributed by atoms with Crippen LogP contribution in [0.15, 0.2) is 30.3 Å². The number of anilines is 1. The van der Waals surface area contributed by atoms with Gasteiger partial charge in [0.1, 0.15) is 0 Å². The van der Waals surface area contributed by atoms with Crippen molar-refractivity contribution in [3.05, 3.63) is 30.3 Å². The first-order valence-electron chi connectivity index (χ1n) is 7.57. The maximum atomic E-state index is 11.5. The van der Waals surface area contributed by atoms with Crippen LogP contribution in [0, 0.1) is 0 Å². The molecule has 0 unspecified atom stereocenters. The van der Waals surface area contributed by atoms with Gasteiger partial charge >= 0.3 is 6.09 Å². The lowest BCUT2D eigenvalue weighted by molar-refractivity contribution is 0.159. The SMILES string of the molecule is O=C(Nc1ccccc1)OCCCNC1CCCCC1. The molecule has 0 radical (unpaired) electrons. The maximum Gasteiger partial charge on any atom is 0.411 e. The lowest BCUT2D eigenvalue weighted by atomic mass is 9.95. The van der Waals surface area contributed by atoms with Gasteiger partial charge in [-0.3, -0.25) is 5.32 Å². The van der Waals surface area contributed by atoms with E-state index in [9.17, 15) is 4.79 Å². The topological polar surface area (TPSA) is 50.4 Å². The first kappa shape index (κ1) is 14.9. The zero-order valence-corrected chi connectivity index (χ0v) is 11.9. The molecule has 0 aromatic heterocycles. The molecule has 4 nitrogen and oxygen atoms in total. The standard InChI is InChI=1S/C16H24N2O2/c19-16(18-15-10-5-2-6-11-15)20-13-7-12-17-14-8-3-1-4-9-14/h2,5-6,10-11,14,17H,1,3-4,7-9,12-13H2,(H,18,19). The molecule has 1 saturated carbocycles. The molecule has 0 saturated heterocycles. The summed E-state index contributed by atoms with van der Waals surface area (Å²) in [4.78, 5) is 11.5. The van der Waals surface area contributed by atoms with Crippen molar-refractivity contribution in [1.29, 1.82) is 0 Å². The molecule has 1 fully saturated rings. The molecule has 4 heteroatoms. The Morgan fingerprint density at radius 2 is 1.90 bits per heavy atom. The second-order valence-corrected chi connectivity index (χ2v) is 5.27. The maximum absolute atomic E-state index is 11.5. The van der Waals surface area contributed by atoms with Crippen molar-refractivity contribution in [3.63, 3.8) is 0 Å². The summed E-state index contributed by atoms with van der Waals surface area (Å²) in [5.41, 5.74) is 0.762. The number of hydrogen-bond acceptors (Lipinski definition) is 3. The molecule has 1 aromatic rings. The van der Waals surface area contributed by atoms with Crippen LogP contribution < -0.4 is 10.6 Å². The highest BCUT2D eigenvalue weighted by Crippen LogP contribution is 2.17. The van der Waals surface area contributed by atoms with Crippen LogP contribution in [0.3, 0.4) is 0 Å². The molecule has 0 heterocycles. The minimum atomic E-state index is -0.381. The summed E-state index contributed by atoms with van der Waals surface area (Å²) in [5.74, 6) is 0. The molecular weight excluding hydrogens is 252 g/mol. The predicted molar refractivity (Wildman–Crippen MR) is 80.9 cm³/mol. The van der Waals surface area contributed by atoms with E-state index >= 15 is 0 Å². The van der Waals surface area contributed by atoms with Gasteiger partial charge in [0, 0.05) is 11.7 Å². The van der Waals surface area contributed by atoms with Gasteiger partial charge in [0.15, 0.2) is 0 Å². The highest BCUT2D eigenvalue weighted by atomic mass is 16.5. The number of rotatable bonds is 6. The monoisotopic (exact) mass is 276 g/mol. The second kappa shape index (κ2) is 8.59. The number of benzene rings is 1. The fourth-order valence-corrected chi connectivity index (χ4v) is 2.53. The third kappa shape index (κ3) is 5.61. The van der Waals surface area contributed by atoms with Crippen LogP contribution >= 0.6 is 0 Å². The molecule has 2 rings (SSSR count). The van der Waals surface area contributed by atoms with Crippen LogP contribution in [0.5, 0.6) is 0 Å². The normalized spacial score (nSPS) is 15.8. The van der Waals surface area contributed by atoms with Crippen LogP contribution in [-0.2, 0) is 4.74 Å². The molecule has 0 bridgehead atoms. The van der Waals surface area contributed by atoms with Gasteiger partial charge in [-0.05, 0) is 37.9 Å². The molecule has 1 aromatic carbocycles. The van der Waals surface area contributed by atoms with Gasteiger partial charge in [0.2, 0.25) is 0 Å². The largest absolute Gasteiger partial charge is 0.449 e. The summed E-state index contributed by atoms with van der Waals surface area (Å²) in [6.07, 6.45) is 7.11. The second-order valence-electron chi connectivity index (χ2n) is 5.27. The Labute approximate surface area is 120 Å². The van der Waals surface area contributed by atoms with E-state index in [1.807, 2.05) is 30.3 Å². The molecule has 1 aliphatic rings. The summed E-state index contributed by atoms with van der Waals surface area (Å²) in [6, 6.07) is 10.0. The fourth-order valence-electron chi connectivity index (χ4n) is 2.53. The van der Waals surface area contributed by atoms with Gasteiger partial charge < -0.3 is 10.1 Å². The van der Waals surface area contributed by atoms with Crippen molar-refractivity contribution >= 4 is 11.8 Å². The van der Waals surface area contributed by atoms with Crippen LogP contribution in [0.2, 0.25) is 0 Å². The summed E-state index contributed by atoms with van der Waals surface area (Å²) >= 11 is 0. The molecule has 0 spiro atoms.